The van der Waals surface area contributed by atoms with Crippen molar-refractivity contribution in [1.82, 2.24) is 9.55 Å². The molecule has 0 amide bonds. The molecule has 15 heavy (non-hydrogen) atoms. The lowest BCUT2D eigenvalue weighted by Gasteiger charge is -2.09. The van der Waals surface area contributed by atoms with Crippen molar-refractivity contribution in [2.75, 3.05) is 0 Å². The van der Waals surface area contributed by atoms with Crippen LogP contribution in [0.25, 0.3) is 0 Å². The summed E-state index contributed by atoms with van der Waals surface area (Å²) in [6.45, 7) is 2.18. The molecule has 0 bridgehead atoms. The van der Waals surface area contributed by atoms with Crippen molar-refractivity contribution < 1.29 is 5.11 Å². The monoisotopic (exact) mass is 210 g/mol. The highest BCUT2D eigenvalue weighted by atomic mass is 16.3. The van der Waals surface area contributed by atoms with E-state index in [1.165, 1.54) is 12.8 Å². The number of nitrogens with zero attached hydrogens (tertiary/aromatic N) is 2. The fraction of sp³-hybridized carbons (Fsp3) is 0.750. The second kappa shape index (κ2) is 6.62. The van der Waals surface area contributed by atoms with E-state index in [1.807, 2.05) is 17.8 Å². The van der Waals surface area contributed by atoms with E-state index in [9.17, 15) is 5.11 Å². The molecule has 1 atom stereocenters. The van der Waals surface area contributed by atoms with Crippen molar-refractivity contribution in [1.29, 1.82) is 0 Å². The summed E-state index contributed by atoms with van der Waals surface area (Å²) in [4.78, 5) is 4.24. The molecule has 1 heterocycles. The van der Waals surface area contributed by atoms with Crippen LogP contribution in [0.2, 0.25) is 0 Å². The molecule has 1 unspecified atom stereocenters. The van der Waals surface area contributed by atoms with Gasteiger partial charge in [0.2, 0.25) is 0 Å². The summed E-state index contributed by atoms with van der Waals surface area (Å²) in [5.74, 6) is 1.06. The van der Waals surface area contributed by atoms with Crippen LogP contribution in [0.5, 0.6) is 0 Å². The van der Waals surface area contributed by atoms with Gasteiger partial charge in [-0.25, -0.2) is 4.98 Å². The lowest BCUT2D eigenvalue weighted by molar-refractivity contribution is 0.150. The minimum Gasteiger partial charge on any atom is -0.393 e. The van der Waals surface area contributed by atoms with Gasteiger partial charge in [-0.2, -0.15) is 0 Å². The first-order chi connectivity index (χ1) is 7.24. The Morgan fingerprint density at radius 2 is 2.20 bits per heavy atom. The van der Waals surface area contributed by atoms with Crippen LogP contribution in [0.4, 0.5) is 0 Å². The second-order valence-electron chi connectivity index (χ2n) is 4.14. The van der Waals surface area contributed by atoms with E-state index in [4.69, 9.17) is 0 Å². The van der Waals surface area contributed by atoms with E-state index >= 15 is 0 Å². The van der Waals surface area contributed by atoms with E-state index < -0.39 is 0 Å². The Morgan fingerprint density at radius 1 is 1.40 bits per heavy atom. The molecular weight excluding hydrogens is 188 g/mol. The van der Waals surface area contributed by atoms with E-state index in [2.05, 4.69) is 11.9 Å². The SMILES string of the molecule is CCCCCC(O)CCc1nccn1C. The third kappa shape index (κ3) is 4.47. The Labute approximate surface area is 92.1 Å². The minimum absolute atomic E-state index is 0.159. The van der Waals surface area contributed by atoms with Crippen molar-refractivity contribution in [3.05, 3.63) is 18.2 Å². The number of imidazole rings is 1. The Kier molecular flexibility index (Phi) is 5.40. The molecule has 0 fully saturated rings. The van der Waals surface area contributed by atoms with Gasteiger partial charge in [0.15, 0.2) is 0 Å². The molecule has 1 N–H and O–H groups in total. The summed E-state index contributed by atoms with van der Waals surface area (Å²) in [6, 6.07) is 0. The number of aliphatic hydroxyl groups is 1. The molecule has 0 aliphatic rings. The minimum atomic E-state index is -0.159. The van der Waals surface area contributed by atoms with Gasteiger partial charge in [-0.3, -0.25) is 0 Å². The van der Waals surface area contributed by atoms with Crippen LogP contribution in [-0.4, -0.2) is 20.8 Å². The van der Waals surface area contributed by atoms with Crippen molar-refractivity contribution in [3.63, 3.8) is 0 Å². The zero-order valence-electron chi connectivity index (χ0n) is 9.82. The normalized spacial score (nSPS) is 13.0. The third-order valence-corrected chi connectivity index (χ3v) is 2.76. The van der Waals surface area contributed by atoms with Crippen molar-refractivity contribution in [2.45, 2.75) is 51.6 Å². The molecular formula is C12H22N2O. The molecule has 1 rings (SSSR count). The summed E-state index contributed by atoms with van der Waals surface area (Å²) in [7, 11) is 1.99. The number of rotatable bonds is 7. The van der Waals surface area contributed by atoms with E-state index in [1.54, 1.807) is 6.20 Å². The van der Waals surface area contributed by atoms with Crippen molar-refractivity contribution >= 4 is 0 Å². The summed E-state index contributed by atoms with van der Waals surface area (Å²) in [6.07, 6.45) is 9.79. The zero-order valence-corrected chi connectivity index (χ0v) is 9.82. The number of aryl methyl sites for hydroxylation is 2. The van der Waals surface area contributed by atoms with Crippen LogP contribution in [0.15, 0.2) is 12.4 Å². The first-order valence-electron chi connectivity index (χ1n) is 5.88. The highest BCUT2D eigenvalue weighted by molar-refractivity contribution is 4.91. The average molecular weight is 210 g/mol. The molecule has 3 nitrogen and oxygen atoms in total. The lowest BCUT2D eigenvalue weighted by Crippen LogP contribution is -2.09. The summed E-state index contributed by atoms with van der Waals surface area (Å²) < 4.78 is 2.01. The van der Waals surface area contributed by atoms with Crippen LogP contribution < -0.4 is 0 Å². The number of hydrogen-bond acceptors (Lipinski definition) is 2. The molecule has 0 aliphatic carbocycles. The first-order valence-corrected chi connectivity index (χ1v) is 5.88. The molecule has 1 aromatic rings. The standard InChI is InChI=1S/C12H22N2O/c1-3-4-5-6-11(15)7-8-12-13-9-10-14(12)2/h9-11,15H,3-8H2,1-2H3. The van der Waals surface area contributed by atoms with Gasteiger partial charge in [0.25, 0.3) is 0 Å². The van der Waals surface area contributed by atoms with Gasteiger partial charge < -0.3 is 9.67 Å². The van der Waals surface area contributed by atoms with Crippen molar-refractivity contribution in [3.8, 4) is 0 Å². The summed E-state index contributed by atoms with van der Waals surface area (Å²) in [5.41, 5.74) is 0. The summed E-state index contributed by atoms with van der Waals surface area (Å²) >= 11 is 0. The quantitative estimate of drug-likeness (QED) is 0.701. The average Bonchev–Trinajstić information content (AvgIpc) is 2.61. The van der Waals surface area contributed by atoms with Crippen LogP contribution >= 0.6 is 0 Å². The molecule has 0 aliphatic heterocycles. The Hall–Kier alpha value is -0.830. The van der Waals surface area contributed by atoms with Gasteiger partial charge in [0.05, 0.1) is 6.10 Å². The predicted molar refractivity (Wildman–Crippen MR) is 61.7 cm³/mol. The van der Waals surface area contributed by atoms with Gasteiger partial charge in [-0.05, 0) is 12.8 Å². The van der Waals surface area contributed by atoms with Crippen LogP contribution in [0, 0.1) is 0 Å². The third-order valence-electron chi connectivity index (χ3n) is 2.76. The van der Waals surface area contributed by atoms with Crippen molar-refractivity contribution in [2.24, 2.45) is 7.05 Å². The van der Waals surface area contributed by atoms with E-state index in [0.29, 0.717) is 0 Å². The fourth-order valence-electron chi connectivity index (χ4n) is 1.71. The lowest BCUT2D eigenvalue weighted by atomic mass is 10.1. The largest absolute Gasteiger partial charge is 0.393 e. The van der Waals surface area contributed by atoms with Crippen LogP contribution in [-0.2, 0) is 13.5 Å². The van der Waals surface area contributed by atoms with E-state index in [-0.39, 0.29) is 6.10 Å². The first kappa shape index (κ1) is 12.2. The van der Waals surface area contributed by atoms with Gasteiger partial charge in [0, 0.05) is 25.9 Å². The Bertz CT molecular complexity index is 270. The second-order valence-corrected chi connectivity index (χ2v) is 4.14. The number of aromatic nitrogens is 2. The maximum absolute atomic E-state index is 9.73. The maximum Gasteiger partial charge on any atom is 0.108 e. The maximum atomic E-state index is 9.73. The van der Waals surface area contributed by atoms with E-state index in [0.717, 1.165) is 31.5 Å². The van der Waals surface area contributed by atoms with Crippen LogP contribution in [0.1, 0.15) is 44.9 Å². The molecule has 1 aromatic heterocycles. The highest BCUT2D eigenvalue weighted by Gasteiger charge is 2.06. The number of hydrogen-bond donors (Lipinski definition) is 1. The number of unbranched alkanes of at least 4 members (excludes halogenated alkanes) is 2. The van der Waals surface area contributed by atoms with Gasteiger partial charge >= 0.3 is 0 Å². The Morgan fingerprint density at radius 3 is 2.80 bits per heavy atom. The van der Waals surface area contributed by atoms with Crippen LogP contribution in [0.3, 0.4) is 0 Å². The predicted octanol–water partition coefficient (Wildman–Crippen LogP) is 2.29. The van der Waals surface area contributed by atoms with Gasteiger partial charge in [-0.15, -0.1) is 0 Å². The Balaban J connectivity index is 2.16. The zero-order chi connectivity index (χ0) is 11.1. The summed E-state index contributed by atoms with van der Waals surface area (Å²) in [5, 5.41) is 9.73. The molecule has 3 heteroatoms. The molecule has 86 valence electrons. The fourth-order valence-corrected chi connectivity index (χ4v) is 1.71. The molecule has 0 spiro atoms. The number of aliphatic hydroxyl groups excluding tert-OH is 1. The molecule has 0 saturated heterocycles. The molecule has 0 saturated carbocycles. The smallest absolute Gasteiger partial charge is 0.108 e. The molecule has 0 aromatic carbocycles. The van der Waals surface area contributed by atoms with Gasteiger partial charge in [0.1, 0.15) is 5.82 Å². The molecule has 0 radical (unpaired) electrons. The van der Waals surface area contributed by atoms with Gasteiger partial charge in [-0.1, -0.05) is 26.2 Å². The highest BCUT2D eigenvalue weighted by Crippen LogP contribution is 2.09. The topological polar surface area (TPSA) is 38.1 Å².